The maximum Gasteiger partial charge on any atom is 0.274 e. The van der Waals surface area contributed by atoms with Crippen molar-refractivity contribution in [3.8, 4) is 5.75 Å². The van der Waals surface area contributed by atoms with E-state index in [1.807, 2.05) is 54.7 Å². The Kier molecular flexibility index (Phi) is 5.85. The fraction of sp³-hybridized carbons (Fsp3) is 0.409. The summed E-state index contributed by atoms with van der Waals surface area (Å²) < 4.78 is 9.31. The Bertz CT molecular complexity index is 1020. The van der Waals surface area contributed by atoms with Crippen LogP contribution in [0.15, 0.2) is 42.7 Å². The van der Waals surface area contributed by atoms with Crippen LogP contribution in [0.5, 0.6) is 5.75 Å². The van der Waals surface area contributed by atoms with Crippen molar-refractivity contribution in [2.45, 2.75) is 27.1 Å². The zero-order chi connectivity index (χ0) is 21.1. The van der Waals surface area contributed by atoms with Crippen LogP contribution in [0.1, 0.15) is 27.3 Å². The molecule has 1 aliphatic heterocycles. The van der Waals surface area contributed by atoms with E-state index in [2.05, 4.69) is 21.3 Å². The predicted molar refractivity (Wildman–Crippen MR) is 113 cm³/mol. The molecule has 0 radical (unpaired) electrons. The number of amides is 1. The molecule has 1 aliphatic rings. The highest BCUT2D eigenvalue weighted by Crippen LogP contribution is 2.17. The summed E-state index contributed by atoms with van der Waals surface area (Å²) in [5.41, 5.74) is 3.83. The first-order chi connectivity index (χ1) is 14.5. The molecule has 3 aromatic rings. The van der Waals surface area contributed by atoms with Crippen LogP contribution < -0.4 is 4.74 Å². The van der Waals surface area contributed by atoms with Gasteiger partial charge >= 0.3 is 0 Å². The molecule has 2 aromatic heterocycles. The molecule has 1 fully saturated rings. The van der Waals surface area contributed by atoms with Gasteiger partial charge < -0.3 is 9.64 Å². The van der Waals surface area contributed by atoms with Crippen molar-refractivity contribution in [1.29, 1.82) is 0 Å². The zero-order valence-electron chi connectivity index (χ0n) is 17.8. The van der Waals surface area contributed by atoms with E-state index in [1.165, 1.54) is 5.56 Å². The number of para-hydroxylation sites is 1. The van der Waals surface area contributed by atoms with Gasteiger partial charge in [0.15, 0.2) is 12.4 Å². The van der Waals surface area contributed by atoms with E-state index in [9.17, 15) is 4.79 Å². The van der Waals surface area contributed by atoms with Crippen molar-refractivity contribution < 1.29 is 9.53 Å². The number of carbonyl (C=O) groups is 1. The van der Waals surface area contributed by atoms with E-state index in [0.717, 1.165) is 36.6 Å². The number of hydrogen-bond donors (Lipinski definition) is 0. The van der Waals surface area contributed by atoms with Crippen molar-refractivity contribution in [2.75, 3.05) is 26.2 Å². The van der Waals surface area contributed by atoms with Gasteiger partial charge in [-0.3, -0.25) is 14.4 Å². The van der Waals surface area contributed by atoms with Gasteiger partial charge in [0.2, 0.25) is 0 Å². The number of piperazine rings is 1. The van der Waals surface area contributed by atoms with E-state index in [4.69, 9.17) is 4.74 Å². The normalized spacial score (nSPS) is 14.8. The van der Waals surface area contributed by atoms with E-state index < -0.39 is 0 Å². The molecule has 158 valence electrons. The minimum atomic E-state index is -0.0261. The lowest BCUT2D eigenvalue weighted by Gasteiger charge is -2.34. The molecule has 0 aliphatic carbocycles. The molecule has 0 saturated carbocycles. The highest BCUT2D eigenvalue weighted by Gasteiger charge is 2.24. The number of rotatable bonds is 6. The quantitative estimate of drug-likeness (QED) is 0.626. The van der Waals surface area contributed by atoms with E-state index in [1.54, 1.807) is 16.9 Å². The van der Waals surface area contributed by atoms with Crippen LogP contribution in [0.3, 0.4) is 0 Å². The van der Waals surface area contributed by atoms with Gasteiger partial charge in [-0.1, -0.05) is 18.2 Å². The third kappa shape index (κ3) is 4.54. The summed E-state index contributed by atoms with van der Waals surface area (Å²) in [4.78, 5) is 17.1. The van der Waals surface area contributed by atoms with Crippen LogP contribution in [-0.4, -0.2) is 61.4 Å². The molecule has 0 atom stereocenters. The van der Waals surface area contributed by atoms with E-state index in [0.29, 0.717) is 18.8 Å². The molecule has 0 bridgehead atoms. The first-order valence-corrected chi connectivity index (χ1v) is 10.2. The SMILES string of the molecule is Cc1ccccc1OCn1ccc(C(=O)N2CCN(Cc3cn(C)nc3C)CC2)n1. The molecular formula is C22H28N6O2. The van der Waals surface area contributed by atoms with Gasteiger partial charge in [0.1, 0.15) is 5.75 Å². The summed E-state index contributed by atoms with van der Waals surface area (Å²) >= 11 is 0. The highest BCUT2D eigenvalue weighted by atomic mass is 16.5. The average Bonchev–Trinajstić information content (AvgIpc) is 3.33. The summed E-state index contributed by atoms with van der Waals surface area (Å²) in [6.07, 6.45) is 3.85. The van der Waals surface area contributed by atoms with Gasteiger partial charge in [-0.2, -0.15) is 10.2 Å². The summed E-state index contributed by atoms with van der Waals surface area (Å²) in [6, 6.07) is 9.61. The molecule has 0 spiro atoms. The summed E-state index contributed by atoms with van der Waals surface area (Å²) in [5.74, 6) is 0.794. The fourth-order valence-electron chi connectivity index (χ4n) is 3.72. The number of carbonyl (C=O) groups excluding carboxylic acids is 1. The first kappa shape index (κ1) is 20.2. The van der Waals surface area contributed by atoms with Gasteiger partial charge in [0, 0.05) is 57.7 Å². The molecule has 1 saturated heterocycles. The van der Waals surface area contributed by atoms with Gasteiger partial charge in [-0.15, -0.1) is 0 Å². The Morgan fingerprint density at radius 1 is 1.07 bits per heavy atom. The van der Waals surface area contributed by atoms with Crippen LogP contribution in [-0.2, 0) is 20.3 Å². The summed E-state index contributed by atoms with van der Waals surface area (Å²) in [5, 5.41) is 8.81. The number of benzene rings is 1. The predicted octanol–water partition coefficient (Wildman–Crippen LogP) is 2.23. The van der Waals surface area contributed by atoms with Crippen LogP contribution >= 0.6 is 0 Å². The molecule has 0 unspecified atom stereocenters. The standard InChI is InChI=1S/C22H28N6O2/c1-17-6-4-5-7-21(17)30-16-28-9-8-20(24-28)22(29)27-12-10-26(11-13-27)15-19-14-25(3)23-18(19)2/h4-9,14H,10-13,15-16H2,1-3H3. The molecule has 8 nitrogen and oxygen atoms in total. The molecule has 30 heavy (non-hydrogen) atoms. The minimum Gasteiger partial charge on any atom is -0.471 e. The van der Waals surface area contributed by atoms with Crippen molar-refractivity contribution in [3.63, 3.8) is 0 Å². The number of ether oxygens (including phenoxy) is 1. The molecular weight excluding hydrogens is 380 g/mol. The smallest absolute Gasteiger partial charge is 0.274 e. The van der Waals surface area contributed by atoms with Crippen molar-refractivity contribution in [1.82, 2.24) is 29.4 Å². The molecule has 8 heteroatoms. The molecule has 4 rings (SSSR count). The van der Waals surface area contributed by atoms with E-state index >= 15 is 0 Å². The Morgan fingerprint density at radius 3 is 2.53 bits per heavy atom. The van der Waals surface area contributed by atoms with Crippen molar-refractivity contribution in [3.05, 3.63) is 65.2 Å². The second-order valence-corrected chi connectivity index (χ2v) is 7.76. The monoisotopic (exact) mass is 408 g/mol. The zero-order valence-corrected chi connectivity index (χ0v) is 17.8. The van der Waals surface area contributed by atoms with Crippen LogP contribution in [0, 0.1) is 13.8 Å². The van der Waals surface area contributed by atoms with Gasteiger partial charge in [-0.05, 0) is 31.5 Å². The topological polar surface area (TPSA) is 68.4 Å². The van der Waals surface area contributed by atoms with Crippen molar-refractivity contribution in [2.24, 2.45) is 7.05 Å². The average molecular weight is 409 g/mol. The second kappa shape index (κ2) is 8.71. The second-order valence-electron chi connectivity index (χ2n) is 7.76. The third-order valence-corrected chi connectivity index (χ3v) is 5.47. The highest BCUT2D eigenvalue weighted by molar-refractivity contribution is 5.92. The summed E-state index contributed by atoms with van der Waals surface area (Å²) in [6.45, 7) is 8.27. The fourth-order valence-corrected chi connectivity index (χ4v) is 3.72. The Balaban J connectivity index is 1.29. The van der Waals surface area contributed by atoms with Gasteiger partial charge in [0.05, 0.1) is 5.69 Å². The van der Waals surface area contributed by atoms with Crippen LogP contribution in [0.25, 0.3) is 0 Å². The number of hydrogen-bond acceptors (Lipinski definition) is 5. The van der Waals surface area contributed by atoms with Crippen molar-refractivity contribution >= 4 is 5.91 Å². The molecule has 1 amide bonds. The largest absolute Gasteiger partial charge is 0.471 e. The Hall–Kier alpha value is -3.13. The maximum absolute atomic E-state index is 12.8. The lowest BCUT2D eigenvalue weighted by molar-refractivity contribution is 0.0620. The van der Waals surface area contributed by atoms with Gasteiger partial charge in [-0.25, -0.2) is 4.68 Å². The Labute approximate surface area is 176 Å². The maximum atomic E-state index is 12.8. The van der Waals surface area contributed by atoms with Crippen LogP contribution in [0.4, 0.5) is 0 Å². The van der Waals surface area contributed by atoms with Crippen LogP contribution in [0.2, 0.25) is 0 Å². The number of aromatic nitrogens is 4. The summed E-state index contributed by atoms with van der Waals surface area (Å²) in [7, 11) is 1.94. The first-order valence-electron chi connectivity index (χ1n) is 10.2. The number of nitrogens with zero attached hydrogens (tertiary/aromatic N) is 6. The van der Waals surface area contributed by atoms with Gasteiger partial charge in [0.25, 0.3) is 5.91 Å². The lowest BCUT2D eigenvalue weighted by Crippen LogP contribution is -2.48. The third-order valence-electron chi connectivity index (χ3n) is 5.47. The lowest BCUT2D eigenvalue weighted by atomic mass is 10.2. The Morgan fingerprint density at radius 2 is 1.83 bits per heavy atom. The molecule has 0 N–H and O–H groups in total. The minimum absolute atomic E-state index is 0.0261. The molecule has 3 heterocycles. The molecule has 1 aromatic carbocycles. The van der Waals surface area contributed by atoms with E-state index in [-0.39, 0.29) is 12.6 Å². The number of aryl methyl sites for hydroxylation is 3.